The van der Waals surface area contributed by atoms with Crippen LogP contribution in [0.15, 0.2) is 64.8 Å². The van der Waals surface area contributed by atoms with Crippen LogP contribution in [-0.2, 0) is 22.2 Å². The van der Waals surface area contributed by atoms with E-state index in [1.807, 2.05) is 30.3 Å². The van der Waals surface area contributed by atoms with E-state index >= 15 is 0 Å². The minimum Gasteiger partial charge on any atom is -0.481 e. The molecule has 5 rings (SSSR count). The number of aliphatic carboxylic acids is 1. The molecule has 0 spiro atoms. The molecule has 0 saturated carbocycles. The van der Waals surface area contributed by atoms with Gasteiger partial charge >= 0.3 is 13.6 Å². The van der Waals surface area contributed by atoms with Crippen molar-refractivity contribution in [2.75, 3.05) is 42.1 Å². The average molecular weight is 610 g/mol. The molecule has 0 radical (unpaired) electrons. The van der Waals surface area contributed by atoms with E-state index in [1.54, 1.807) is 0 Å². The summed E-state index contributed by atoms with van der Waals surface area (Å²) in [6, 6.07) is 15.3. The van der Waals surface area contributed by atoms with E-state index in [-0.39, 0.29) is 18.3 Å². The van der Waals surface area contributed by atoms with Gasteiger partial charge in [-0.3, -0.25) is 19.5 Å². The largest absolute Gasteiger partial charge is 0.481 e. The van der Waals surface area contributed by atoms with E-state index in [0.29, 0.717) is 48.8 Å². The molecule has 0 unspecified atom stereocenters. The summed E-state index contributed by atoms with van der Waals surface area (Å²) >= 11 is 0. The number of non-ortho nitro benzene ring substituents is 1. The lowest BCUT2D eigenvalue weighted by molar-refractivity contribution is -0.384. The molecule has 2 heterocycles. The minimum atomic E-state index is -4.06. The normalized spacial score (nSPS) is 14.3. The van der Waals surface area contributed by atoms with Crippen LogP contribution in [0.1, 0.15) is 30.4 Å². The highest BCUT2D eigenvalue weighted by Gasteiger charge is 2.24. The highest BCUT2D eigenvalue weighted by molar-refractivity contribution is 7.51. The topological polar surface area (TPSA) is 178 Å². The maximum absolute atomic E-state index is 11.3. The molecule has 3 aromatic rings. The van der Waals surface area contributed by atoms with E-state index in [9.17, 15) is 29.3 Å². The predicted octanol–water partition coefficient (Wildman–Crippen LogP) is 5.96. The van der Waals surface area contributed by atoms with Gasteiger partial charge in [0.15, 0.2) is 5.75 Å². The summed E-state index contributed by atoms with van der Waals surface area (Å²) in [5.41, 5.74) is 4.92. The molecule has 2 aliphatic heterocycles. The highest BCUT2D eigenvalue weighted by atomic mass is 31.2. The Morgan fingerprint density at radius 1 is 0.930 bits per heavy atom. The molecule has 3 N–H and O–H groups in total. The lowest BCUT2D eigenvalue weighted by atomic mass is 10.1. The van der Waals surface area contributed by atoms with Gasteiger partial charge in [0.1, 0.15) is 11.4 Å². The molecule has 0 atom stereocenters. The Morgan fingerprint density at radius 2 is 1.60 bits per heavy atom. The average Bonchev–Trinajstić information content (AvgIpc) is 3.54. The first-order valence-corrected chi connectivity index (χ1v) is 15.8. The number of ether oxygens (including phenoxy) is 1. The Balaban J connectivity index is 1.42. The van der Waals surface area contributed by atoms with Crippen LogP contribution in [0.3, 0.4) is 0 Å². The number of azo groups is 1. The Morgan fingerprint density at radius 3 is 2.28 bits per heavy atom. The molecule has 0 aromatic heterocycles. The number of hydrogen-bond donors (Lipinski definition) is 3. The third-order valence-electron chi connectivity index (χ3n) is 7.46. The van der Waals surface area contributed by atoms with Gasteiger partial charge in [-0.2, -0.15) is 5.11 Å². The smallest absolute Gasteiger partial charge is 0.325 e. The van der Waals surface area contributed by atoms with Crippen molar-refractivity contribution < 1.29 is 33.9 Å². The maximum Gasteiger partial charge on any atom is 0.325 e. The molecule has 13 nitrogen and oxygen atoms in total. The molecule has 14 heteroatoms. The Kier molecular flexibility index (Phi) is 9.05. The lowest BCUT2D eigenvalue weighted by Crippen LogP contribution is -2.22. The van der Waals surface area contributed by atoms with Crippen molar-refractivity contribution in [1.29, 1.82) is 0 Å². The third-order valence-corrected chi connectivity index (χ3v) is 8.36. The van der Waals surface area contributed by atoms with Crippen molar-refractivity contribution in [3.63, 3.8) is 0 Å². The maximum atomic E-state index is 11.3. The molecule has 0 aliphatic carbocycles. The number of nitro groups is 1. The SMILES string of the molecule is O=C(O)CCCN1CCc2cc(N=Nc3ccc([N+](=O)[O-])cc3)c(Oc3ccc4c(c3)N(CCCP(=O)(O)O)CC4)cc21. The Labute approximate surface area is 247 Å². The summed E-state index contributed by atoms with van der Waals surface area (Å²) in [6.45, 7) is 2.59. The lowest BCUT2D eigenvalue weighted by Gasteiger charge is -2.21. The van der Waals surface area contributed by atoms with Gasteiger partial charge in [0, 0.05) is 68.2 Å². The number of nitro benzene ring substituents is 1. The third kappa shape index (κ3) is 7.75. The molecule has 0 fully saturated rings. The second kappa shape index (κ2) is 12.9. The van der Waals surface area contributed by atoms with Crippen molar-refractivity contribution in [3.8, 4) is 11.5 Å². The zero-order valence-corrected chi connectivity index (χ0v) is 24.2. The van der Waals surface area contributed by atoms with Crippen molar-refractivity contribution in [2.24, 2.45) is 10.2 Å². The van der Waals surface area contributed by atoms with Crippen LogP contribution >= 0.6 is 7.60 Å². The van der Waals surface area contributed by atoms with Crippen LogP contribution in [0, 0.1) is 10.1 Å². The number of rotatable bonds is 13. The fourth-order valence-electron chi connectivity index (χ4n) is 5.35. The van der Waals surface area contributed by atoms with Crippen LogP contribution in [0.5, 0.6) is 11.5 Å². The molecule has 226 valence electrons. The summed E-state index contributed by atoms with van der Waals surface area (Å²) in [6.07, 6.45) is 2.36. The van der Waals surface area contributed by atoms with Gasteiger partial charge in [-0.15, -0.1) is 5.11 Å². The van der Waals surface area contributed by atoms with E-state index < -0.39 is 18.5 Å². The van der Waals surface area contributed by atoms with Crippen LogP contribution in [0.2, 0.25) is 0 Å². The van der Waals surface area contributed by atoms with Gasteiger partial charge in [-0.05, 0) is 61.1 Å². The zero-order valence-electron chi connectivity index (χ0n) is 23.3. The van der Waals surface area contributed by atoms with Crippen LogP contribution in [0.25, 0.3) is 0 Å². The molecule has 3 aromatic carbocycles. The number of hydrogen-bond acceptors (Lipinski definition) is 9. The van der Waals surface area contributed by atoms with Crippen molar-refractivity contribution in [2.45, 2.75) is 32.1 Å². The van der Waals surface area contributed by atoms with Crippen LogP contribution < -0.4 is 14.5 Å². The standard InChI is InChI=1S/C29H32N5O8P/c35-29(36)3-1-12-32-15-11-21-17-25(31-30-22-5-7-23(8-6-22)34(37)38)28(19-27(21)32)42-24-9-4-20-10-14-33(26(20)18-24)13-2-16-43(39,40)41/h4-9,17-19H,1-3,10-16H2,(H,35,36)(H2,39,40,41). The van der Waals surface area contributed by atoms with Gasteiger partial charge in [0.25, 0.3) is 5.69 Å². The monoisotopic (exact) mass is 609 g/mol. The minimum absolute atomic E-state index is 0.0455. The number of carboxylic acid groups (broad SMARTS) is 1. The number of benzene rings is 3. The molecule has 0 saturated heterocycles. The molecular formula is C29H32N5O8P. The number of carboxylic acids is 1. The summed E-state index contributed by atoms with van der Waals surface area (Å²) < 4.78 is 17.7. The predicted molar refractivity (Wildman–Crippen MR) is 160 cm³/mol. The molecule has 43 heavy (non-hydrogen) atoms. The number of anilines is 2. The number of nitrogens with zero attached hydrogens (tertiary/aromatic N) is 5. The second-order valence-electron chi connectivity index (χ2n) is 10.5. The fourth-order valence-corrected chi connectivity index (χ4v) is 5.91. The summed E-state index contributed by atoms with van der Waals surface area (Å²) in [4.78, 5) is 44.2. The van der Waals surface area contributed by atoms with Gasteiger partial charge in [0.2, 0.25) is 0 Å². The Bertz CT molecular complexity index is 1590. The van der Waals surface area contributed by atoms with Gasteiger partial charge < -0.3 is 29.4 Å². The first-order valence-electron chi connectivity index (χ1n) is 14.0. The van der Waals surface area contributed by atoms with E-state index in [4.69, 9.17) is 9.84 Å². The highest BCUT2D eigenvalue weighted by Crippen LogP contribution is 2.43. The van der Waals surface area contributed by atoms with E-state index in [1.165, 1.54) is 24.3 Å². The molecular weight excluding hydrogens is 577 g/mol. The van der Waals surface area contributed by atoms with Gasteiger partial charge in [-0.1, -0.05) is 6.07 Å². The van der Waals surface area contributed by atoms with Crippen molar-refractivity contribution in [1.82, 2.24) is 0 Å². The molecule has 0 bridgehead atoms. The zero-order chi connectivity index (χ0) is 30.6. The van der Waals surface area contributed by atoms with Crippen molar-refractivity contribution in [3.05, 3.63) is 75.8 Å². The van der Waals surface area contributed by atoms with Crippen LogP contribution in [0.4, 0.5) is 28.4 Å². The summed E-state index contributed by atoms with van der Waals surface area (Å²) in [5.74, 6) is 0.168. The molecule has 0 amide bonds. The van der Waals surface area contributed by atoms with Gasteiger partial charge in [0.05, 0.1) is 16.8 Å². The fraction of sp³-hybridized carbons (Fsp3) is 0.345. The van der Waals surface area contributed by atoms with Crippen LogP contribution in [-0.4, -0.2) is 58.1 Å². The van der Waals surface area contributed by atoms with E-state index in [0.717, 1.165) is 48.4 Å². The quantitative estimate of drug-likeness (QED) is 0.0906. The summed E-state index contributed by atoms with van der Waals surface area (Å²) in [7, 11) is -4.06. The van der Waals surface area contributed by atoms with E-state index in [2.05, 4.69) is 20.0 Å². The summed E-state index contributed by atoms with van der Waals surface area (Å²) in [5, 5.41) is 28.8. The second-order valence-corrected chi connectivity index (χ2v) is 12.3. The molecule has 2 aliphatic rings. The van der Waals surface area contributed by atoms with Crippen molar-refractivity contribution >= 4 is 42.0 Å². The first kappa shape index (κ1) is 30.1. The Hall–Kier alpha value is -4.32. The number of fused-ring (bicyclic) bond motifs is 2. The number of carbonyl (C=O) groups is 1. The van der Waals surface area contributed by atoms with Gasteiger partial charge in [-0.25, -0.2) is 0 Å². The first-order chi connectivity index (χ1) is 20.6.